The maximum atomic E-state index is 13.1. The number of halogens is 1. The molecule has 4 heteroatoms. The van der Waals surface area contributed by atoms with E-state index in [0.717, 1.165) is 17.7 Å². The van der Waals surface area contributed by atoms with Crippen LogP contribution in [-0.2, 0) is 11.3 Å². The molecule has 0 aliphatic heterocycles. The Morgan fingerprint density at radius 2 is 1.91 bits per heavy atom. The molecule has 0 aliphatic carbocycles. The third-order valence-electron chi connectivity index (χ3n) is 3.72. The largest absolute Gasteiger partial charge is 0.350 e. The predicted octanol–water partition coefficient (Wildman–Crippen LogP) is 4.06. The van der Waals surface area contributed by atoms with Crippen molar-refractivity contribution in [1.82, 2.24) is 10.3 Å². The Labute approximate surface area is 137 Å². The summed E-state index contributed by atoms with van der Waals surface area (Å²) in [6, 6.07) is 12.1. The summed E-state index contributed by atoms with van der Waals surface area (Å²) in [6.07, 6.45) is 3.00. The number of carbonyl (C=O) groups excluding carboxylic acids is 1. The summed E-state index contributed by atoms with van der Waals surface area (Å²) < 4.78 is 13.1. The van der Waals surface area contributed by atoms with E-state index in [1.165, 1.54) is 12.1 Å². The molecule has 0 saturated carbocycles. The Morgan fingerprint density at radius 1 is 1.17 bits per heavy atom. The molecule has 1 atom stereocenters. The molecule has 0 bridgehead atoms. The minimum absolute atomic E-state index is 0.00868. The first kappa shape index (κ1) is 17.1. The zero-order valence-corrected chi connectivity index (χ0v) is 13.6. The summed E-state index contributed by atoms with van der Waals surface area (Å²) in [5.74, 6) is 0.301. The van der Waals surface area contributed by atoms with E-state index < -0.39 is 0 Å². The highest BCUT2D eigenvalue weighted by Gasteiger charge is 2.17. The summed E-state index contributed by atoms with van der Waals surface area (Å²) in [7, 11) is 0. The maximum Gasteiger partial charge on any atom is 0.220 e. The van der Waals surface area contributed by atoms with Crippen molar-refractivity contribution < 1.29 is 9.18 Å². The Kier molecular flexibility index (Phi) is 6.27. The highest BCUT2D eigenvalue weighted by molar-refractivity contribution is 5.76. The number of aromatic nitrogens is 1. The normalized spacial score (nSPS) is 12.2. The van der Waals surface area contributed by atoms with E-state index in [1.807, 2.05) is 18.2 Å². The van der Waals surface area contributed by atoms with Crippen LogP contribution in [0.2, 0.25) is 0 Å². The van der Waals surface area contributed by atoms with Gasteiger partial charge < -0.3 is 5.32 Å². The SMILES string of the molecule is CC(C)CC(CC(=O)NCc1ccccn1)c1ccc(F)cc1. The Morgan fingerprint density at radius 3 is 2.52 bits per heavy atom. The molecular weight excluding hydrogens is 291 g/mol. The summed E-state index contributed by atoms with van der Waals surface area (Å²) >= 11 is 0. The van der Waals surface area contributed by atoms with Crippen molar-refractivity contribution in [3.05, 3.63) is 65.7 Å². The summed E-state index contributed by atoms with van der Waals surface area (Å²) in [5, 5.41) is 2.91. The molecule has 1 aromatic heterocycles. The van der Waals surface area contributed by atoms with Crippen LogP contribution in [0.3, 0.4) is 0 Å². The van der Waals surface area contributed by atoms with Gasteiger partial charge in [0.15, 0.2) is 0 Å². The second-order valence-corrected chi connectivity index (χ2v) is 6.18. The van der Waals surface area contributed by atoms with Crippen LogP contribution < -0.4 is 5.32 Å². The fourth-order valence-corrected chi connectivity index (χ4v) is 2.63. The van der Waals surface area contributed by atoms with Crippen LogP contribution in [0.1, 0.15) is 43.9 Å². The average molecular weight is 314 g/mol. The van der Waals surface area contributed by atoms with Crippen LogP contribution in [0, 0.1) is 11.7 Å². The van der Waals surface area contributed by atoms with E-state index >= 15 is 0 Å². The van der Waals surface area contributed by atoms with Crippen molar-refractivity contribution in [2.24, 2.45) is 5.92 Å². The number of benzene rings is 1. The van der Waals surface area contributed by atoms with Crippen molar-refractivity contribution in [3.8, 4) is 0 Å². The van der Waals surface area contributed by atoms with Gasteiger partial charge in [0.1, 0.15) is 5.82 Å². The number of hydrogen-bond donors (Lipinski definition) is 1. The van der Waals surface area contributed by atoms with Crippen molar-refractivity contribution >= 4 is 5.91 Å². The minimum atomic E-state index is -0.253. The van der Waals surface area contributed by atoms with Gasteiger partial charge in [-0.2, -0.15) is 0 Å². The van der Waals surface area contributed by atoms with Crippen LogP contribution in [0.5, 0.6) is 0 Å². The molecule has 2 aromatic rings. The standard InChI is InChI=1S/C19H23FN2O/c1-14(2)11-16(15-6-8-17(20)9-7-15)12-19(23)22-13-18-5-3-4-10-21-18/h3-10,14,16H,11-13H2,1-2H3,(H,22,23). The van der Waals surface area contributed by atoms with Gasteiger partial charge >= 0.3 is 0 Å². The third kappa shape index (κ3) is 5.81. The summed E-state index contributed by atoms with van der Waals surface area (Å²) in [4.78, 5) is 16.4. The summed E-state index contributed by atoms with van der Waals surface area (Å²) in [5.41, 5.74) is 1.84. The molecule has 0 saturated heterocycles. The van der Waals surface area contributed by atoms with Crippen molar-refractivity contribution in [3.63, 3.8) is 0 Å². The number of pyridine rings is 1. The fourth-order valence-electron chi connectivity index (χ4n) is 2.63. The quantitative estimate of drug-likeness (QED) is 0.837. The molecule has 23 heavy (non-hydrogen) atoms. The molecule has 0 fully saturated rings. The highest BCUT2D eigenvalue weighted by atomic mass is 19.1. The zero-order chi connectivity index (χ0) is 16.7. The number of carbonyl (C=O) groups is 1. The first-order chi connectivity index (χ1) is 11.0. The highest BCUT2D eigenvalue weighted by Crippen LogP contribution is 2.27. The van der Waals surface area contributed by atoms with Crippen LogP contribution in [0.25, 0.3) is 0 Å². The number of amides is 1. The smallest absolute Gasteiger partial charge is 0.220 e. The lowest BCUT2D eigenvalue weighted by Crippen LogP contribution is -2.25. The minimum Gasteiger partial charge on any atom is -0.350 e. The van der Waals surface area contributed by atoms with E-state index in [4.69, 9.17) is 0 Å². The topological polar surface area (TPSA) is 42.0 Å². The Balaban J connectivity index is 1.96. The second-order valence-electron chi connectivity index (χ2n) is 6.18. The molecule has 122 valence electrons. The Hall–Kier alpha value is -2.23. The molecule has 1 unspecified atom stereocenters. The van der Waals surface area contributed by atoms with Crippen LogP contribution in [-0.4, -0.2) is 10.9 Å². The zero-order valence-electron chi connectivity index (χ0n) is 13.6. The first-order valence-electron chi connectivity index (χ1n) is 7.96. The van der Waals surface area contributed by atoms with Gasteiger partial charge in [-0.05, 0) is 48.1 Å². The van der Waals surface area contributed by atoms with Gasteiger partial charge in [0.2, 0.25) is 5.91 Å². The number of rotatable bonds is 7. The van der Waals surface area contributed by atoms with Gasteiger partial charge in [-0.1, -0.05) is 32.0 Å². The molecule has 1 amide bonds. The molecule has 3 nitrogen and oxygen atoms in total. The van der Waals surface area contributed by atoms with Crippen LogP contribution in [0.15, 0.2) is 48.7 Å². The van der Waals surface area contributed by atoms with Crippen LogP contribution in [0.4, 0.5) is 4.39 Å². The van der Waals surface area contributed by atoms with Gasteiger partial charge in [-0.15, -0.1) is 0 Å². The first-order valence-corrected chi connectivity index (χ1v) is 7.96. The van der Waals surface area contributed by atoms with Gasteiger partial charge in [0.05, 0.1) is 12.2 Å². The lowest BCUT2D eigenvalue weighted by atomic mass is 9.87. The second kappa shape index (κ2) is 8.42. The fraction of sp³-hybridized carbons (Fsp3) is 0.368. The predicted molar refractivity (Wildman–Crippen MR) is 89.3 cm³/mol. The average Bonchev–Trinajstić information content (AvgIpc) is 2.53. The van der Waals surface area contributed by atoms with Gasteiger partial charge in [0.25, 0.3) is 0 Å². The number of hydrogen-bond acceptors (Lipinski definition) is 2. The van der Waals surface area contributed by atoms with E-state index in [2.05, 4.69) is 24.1 Å². The summed E-state index contributed by atoms with van der Waals surface area (Å²) in [6.45, 7) is 4.68. The molecule has 1 aromatic carbocycles. The van der Waals surface area contributed by atoms with E-state index in [1.54, 1.807) is 18.3 Å². The molecule has 0 spiro atoms. The van der Waals surface area contributed by atoms with Gasteiger partial charge in [0, 0.05) is 12.6 Å². The van der Waals surface area contributed by atoms with Crippen molar-refractivity contribution in [1.29, 1.82) is 0 Å². The number of nitrogens with zero attached hydrogens (tertiary/aromatic N) is 1. The molecule has 1 heterocycles. The molecule has 0 radical (unpaired) electrons. The third-order valence-corrected chi connectivity index (χ3v) is 3.72. The van der Waals surface area contributed by atoms with E-state index in [-0.39, 0.29) is 17.6 Å². The molecule has 1 N–H and O–H groups in total. The van der Waals surface area contributed by atoms with Crippen molar-refractivity contribution in [2.45, 2.75) is 39.2 Å². The van der Waals surface area contributed by atoms with Gasteiger partial charge in [-0.25, -0.2) is 4.39 Å². The lowest BCUT2D eigenvalue weighted by Gasteiger charge is -2.19. The van der Waals surface area contributed by atoms with E-state index in [0.29, 0.717) is 18.9 Å². The van der Waals surface area contributed by atoms with E-state index in [9.17, 15) is 9.18 Å². The van der Waals surface area contributed by atoms with Crippen LogP contribution >= 0.6 is 0 Å². The monoisotopic (exact) mass is 314 g/mol. The lowest BCUT2D eigenvalue weighted by molar-refractivity contribution is -0.121. The van der Waals surface area contributed by atoms with Crippen molar-refractivity contribution in [2.75, 3.05) is 0 Å². The maximum absolute atomic E-state index is 13.1. The molecule has 2 rings (SSSR count). The number of nitrogens with one attached hydrogen (secondary N) is 1. The molecular formula is C19H23FN2O. The van der Waals surface area contributed by atoms with Gasteiger partial charge in [-0.3, -0.25) is 9.78 Å². The Bertz CT molecular complexity index is 611. The molecule has 0 aliphatic rings.